The zero-order valence-corrected chi connectivity index (χ0v) is 11.1. The van der Waals surface area contributed by atoms with E-state index in [0.717, 1.165) is 0 Å². The smallest absolute Gasteiger partial charge is 0.269 e. The predicted molar refractivity (Wildman–Crippen MR) is 72.8 cm³/mol. The average Bonchev–Trinajstić information content (AvgIpc) is 2.41. The summed E-state index contributed by atoms with van der Waals surface area (Å²) < 4.78 is 5.56. The lowest BCUT2D eigenvalue weighted by Crippen LogP contribution is -1.95. The maximum absolute atomic E-state index is 10.7. The van der Waals surface area contributed by atoms with E-state index in [4.69, 9.17) is 4.74 Å². The number of rotatable bonds is 4. The Balaban J connectivity index is 2.19. The maximum atomic E-state index is 10.7. The Bertz CT molecular complexity index is 624. The first-order valence-electron chi connectivity index (χ1n) is 6.04. The largest absolute Gasteiger partial charge is 0.439 e. The fourth-order valence-electron chi connectivity index (χ4n) is 1.67. The Kier molecular flexibility index (Phi) is 3.95. The van der Waals surface area contributed by atoms with Gasteiger partial charge in [-0.1, -0.05) is 0 Å². The fraction of sp³-hybridized carbons (Fsp3) is 0.214. The molecule has 0 aliphatic rings. The van der Waals surface area contributed by atoms with Crippen LogP contribution in [-0.4, -0.2) is 15.0 Å². The molecule has 1 atom stereocenters. The molecule has 2 rings (SSSR count). The number of ether oxygens (including phenoxy) is 1. The van der Waals surface area contributed by atoms with Crippen molar-refractivity contribution < 1.29 is 14.8 Å². The molecule has 0 bridgehead atoms. The van der Waals surface area contributed by atoms with Gasteiger partial charge in [-0.2, -0.15) is 0 Å². The summed E-state index contributed by atoms with van der Waals surface area (Å²) in [6, 6.07) is 7.72. The summed E-state index contributed by atoms with van der Waals surface area (Å²) in [4.78, 5) is 14.3. The Labute approximate surface area is 115 Å². The predicted octanol–water partition coefficient (Wildman–Crippen LogP) is 3.14. The van der Waals surface area contributed by atoms with Gasteiger partial charge in [0, 0.05) is 24.4 Å². The number of non-ortho nitro benzene ring substituents is 1. The molecule has 0 saturated heterocycles. The minimum atomic E-state index is -0.585. The van der Waals surface area contributed by atoms with Crippen LogP contribution in [0, 0.1) is 17.0 Å². The molecular weight excluding hydrogens is 260 g/mol. The molecule has 0 saturated carbocycles. The second kappa shape index (κ2) is 5.66. The van der Waals surface area contributed by atoms with Gasteiger partial charge in [0.1, 0.15) is 5.75 Å². The molecule has 20 heavy (non-hydrogen) atoms. The summed E-state index contributed by atoms with van der Waals surface area (Å²) in [5.74, 6) is 0.874. The van der Waals surface area contributed by atoms with Crippen LogP contribution in [0.25, 0.3) is 0 Å². The number of aliphatic hydroxyl groups excluding tert-OH is 1. The molecule has 0 aliphatic carbocycles. The first kappa shape index (κ1) is 14.0. The molecule has 1 aromatic carbocycles. The highest BCUT2D eigenvalue weighted by Crippen LogP contribution is 2.27. The van der Waals surface area contributed by atoms with E-state index in [1.807, 2.05) is 0 Å². The lowest BCUT2D eigenvalue weighted by atomic mass is 10.2. The normalized spacial score (nSPS) is 11.9. The van der Waals surface area contributed by atoms with Gasteiger partial charge in [-0.3, -0.25) is 10.1 Å². The van der Waals surface area contributed by atoms with E-state index in [-0.39, 0.29) is 5.69 Å². The Hall–Kier alpha value is -2.47. The lowest BCUT2D eigenvalue weighted by Gasteiger charge is -2.09. The Morgan fingerprint density at radius 1 is 1.35 bits per heavy atom. The van der Waals surface area contributed by atoms with E-state index in [0.29, 0.717) is 22.8 Å². The number of aliphatic hydroxyl groups is 1. The summed E-state index contributed by atoms with van der Waals surface area (Å²) in [7, 11) is 0. The van der Waals surface area contributed by atoms with Gasteiger partial charge in [-0.25, -0.2) is 4.98 Å². The molecule has 1 heterocycles. The van der Waals surface area contributed by atoms with E-state index >= 15 is 0 Å². The number of hydrogen-bond donors (Lipinski definition) is 1. The molecule has 0 aliphatic heterocycles. The first-order chi connectivity index (χ1) is 9.47. The molecule has 1 N–H and O–H groups in total. The molecule has 0 unspecified atom stereocenters. The molecular formula is C14H14N2O4. The monoisotopic (exact) mass is 274 g/mol. The van der Waals surface area contributed by atoms with Gasteiger partial charge in [-0.15, -0.1) is 0 Å². The van der Waals surface area contributed by atoms with Crippen LogP contribution < -0.4 is 4.74 Å². The number of benzene rings is 1. The molecule has 1 aromatic heterocycles. The summed E-state index contributed by atoms with van der Waals surface area (Å²) in [6.07, 6.45) is 0.943. The van der Waals surface area contributed by atoms with Gasteiger partial charge in [0.05, 0.1) is 11.0 Å². The van der Waals surface area contributed by atoms with Crippen molar-refractivity contribution >= 4 is 5.69 Å². The van der Waals surface area contributed by atoms with Crippen LogP contribution >= 0.6 is 0 Å². The van der Waals surface area contributed by atoms with E-state index in [1.165, 1.54) is 24.4 Å². The number of hydrogen-bond acceptors (Lipinski definition) is 5. The SMILES string of the molecule is Cc1cc([N+](=O)[O-])ccc1Oc1ccc([C@H](C)O)cn1. The Morgan fingerprint density at radius 3 is 2.60 bits per heavy atom. The third-order valence-corrected chi connectivity index (χ3v) is 2.83. The van der Waals surface area contributed by atoms with Crippen LogP contribution in [0.1, 0.15) is 24.2 Å². The minimum absolute atomic E-state index is 0.0206. The molecule has 6 nitrogen and oxygen atoms in total. The summed E-state index contributed by atoms with van der Waals surface area (Å²) >= 11 is 0. The topological polar surface area (TPSA) is 85.5 Å². The molecule has 0 spiro atoms. The number of nitrogens with zero attached hydrogens (tertiary/aromatic N) is 2. The van der Waals surface area contributed by atoms with E-state index in [1.54, 1.807) is 26.0 Å². The molecule has 2 aromatic rings. The highest BCUT2D eigenvalue weighted by molar-refractivity contribution is 5.44. The van der Waals surface area contributed by atoms with Crippen LogP contribution in [0.4, 0.5) is 5.69 Å². The summed E-state index contributed by atoms with van der Waals surface area (Å²) in [6.45, 7) is 3.38. The Morgan fingerprint density at radius 2 is 2.10 bits per heavy atom. The van der Waals surface area contributed by atoms with Crippen molar-refractivity contribution in [2.24, 2.45) is 0 Å². The third-order valence-electron chi connectivity index (χ3n) is 2.83. The van der Waals surface area contributed by atoms with Crippen molar-refractivity contribution in [1.29, 1.82) is 0 Å². The third kappa shape index (κ3) is 3.10. The number of pyridine rings is 1. The van der Waals surface area contributed by atoms with Crippen LogP contribution in [0.15, 0.2) is 36.5 Å². The van der Waals surface area contributed by atoms with Gasteiger partial charge in [0.2, 0.25) is 5.88 Å². The molecule has 0 amide bonds. The molecule has 6 heteroatoms. The van der Waals surface area contributed by atoms with Crippen molar-refractivity contribution in [3.05, 3.63) is 57.8 Å². The average molecular weight is 274 g/mol. The molecule has 0 radical (unpaired) electrons. The van der Waals surface area contributed by atoms with Crippen molar-refractivity contribution in [2.45, 2.75) is 20.0 Å². The van der Waals surface area contributed by atoms with Crippen LogP contribution in [-0.2, 0) is 0 Å². The number of nitro benzene ring substituents is 1. The van der Waals surface area contributed by atoms with Gasteiger partial charge in [0.25, 0.3) is 5.69 Å². The number of aryl methyl sites for hydroxylation is 1. The standard InChI is InChI=1S/C14H14N2O4/c1-9-7-12(16(18)19)4-5-13(9)20-14-6-3-11(8-15-14)10(2)17/h3-8,10,17H,1-2H3/t10-/m0/s1. The quantitative estimate of drug-likeness (QED) is 0.683. The van der Waals surface area contributed by atoms with E-state index < -0.39 is 11.0 Å². The maximum Gasteiger partial charge on any atom is 0.269 e. The summed E-state index contributed by atoms with van der Waals surface area (Å²) in [5, 5.41) is 20.0. The lowest BCUT2D eigenvalue weighted by molar-refractivity contribution is -0.384. The van der Waals surface area contributed by atoms with E-state index in [2.05, 4.69) is 4.98 Å². The zero-order valence-electron chi connectivity index (χ0n) is 11.1. The van der Waals surface area contributed by atoms with Crippen LogP contribution in [0.2, 0.25) is 0 Å². The molecule has 104 valence electrons. The van der Waals surface area contributed by atoms with Crippen molar-refractivity contribution in [1.82, 2.24) is 4.98 Å². The second-order valence-corrected chi connectivity index (χ2v) is 4.41. The molecule has 0 fully saturated rings. The highest BCUT2D eigenvalue weighted by Gasteiger charge is 2.10. The first-order valence-corrected chi connectivity index (χ1v) is 6.04. The van der Waals surface area contributed by atoms with Crippen molar-refractivity contribution in [2.75, 3.05) is 0 Å². The fourth-order valence-corrected chi connectivity index (χ4v) is 1.67. The number of nitro groups is 1. The van der Waals surface area contributed by atoms with Gasteiger partial charge >= 0.3 is 0 Å². The van der Waals surface area contributed by atoms with Gasteiger partial charge in [0.15, 0.2) is 0 Å². The van der Waals surface area contributed by atoms with Crippen LogP contribution in [0.5, 0.6) is 11.6 Å². The highest BCUT2D eigenvalue weighted by atomic mass is 16.6. The van der Waals surface area contributed by atoms with Gasteiger partial charge in [-0.05, 0) is 37.1 Å². The number of aromatic nitrogens is 1. The van der Waals surface area contributed by atoms with Crippen LogP contribution in [0.3, 0.4) is 0 Å². The van der Waals surface area contributed by atoms with Crippen molar-refractivity contribution in [3.8, 4) is 11.6 Å². The van der Waals surface area contributed by atoms with E-state index in [9.17, 15) is 15.2 Å². The van der Waals surface area contributed by atoms with Crippen molar-refractivity contribution in [3.63, 3.8) is 0 Å². The van der Waals surface area contributed by atoms with Gasteiger partial charge < -0.3 is 9.84 Å². The second-order valence-electron chi connectivity index (χ2n) is 4.41. The zero-order chi connectivity index (χ0) is 14.7. The minimum Gasteiger partial charge on any atom is -0.439 e. The summed E-state index contributed by atoms with van der Waals surface area (Å²) in [5.41, 5.74) is 1.37.